The number of carbonyl (C=O) groups excluding carboxylic acids is 1. The van der Waals surface area contributed by atoms with Gasteiger partial charge in [-0.3, -0.25) is 9.69 Å². The van der Waals surface area contributed by atoms with Gasteiger partial charge < -0.3 is 5.32 Å². The Bertz CT molecular complexity index is 720. The zero-order chi connectivity index (χ0) is 17.8. The molecular weight excluding hydrogens is 341 g/mol. The van der Waals surface area contributed by atoms with Crippen LogP contribution in [0.15, 0.2) is 18.6 Å². The topological polar surface area (TPSA) is 71.0 Å². The highest BCUT2D eigenvalue weighted by Crippen LogP contribution is 2.29. The summed E-state index contributed by atoms with van der Waals surface area (Å²) in [6.07, 6.45) is 7.29. The fourth-order valence-electron chi connectivity index (χ4n) is 3.26. The van der Waals surface area contributed by atoms with Crippen LogP contribution in [0.3, 0.4) is 0 Å². The average molecular weight is 363 g/mol. The molecule has 3 heterocycles. The van der Waals surface area contributed by atoms with Crippen LogP contribution in [0.2, 0.25) is 0 Å². The second-order valence-electron chi connectivity index (χ2n) is 6.45. The van der Waals surface area contributed by atoms with E-state index in [1.165, 1.54) is 30.7 Å². The van der Waals surface area contributed by atoms with Crippen molar-refractivity contribution in [3.8, 4) is 0 Å². The molecule has 134 valence electrons. The Morgan fingerprint density at radius 1 is 1.36 bits per heavy atom. The molecule has 25 heavy (non-hydrogen) atoms. The summed E-state index contributed by atoms with van der Waals surface area (Å²) in [6, 6.07) is 0.383. The summed E-state index contributed by atoms with van der Waals surface area (Å²) in [5.41, 5.74) is 0. The highest BCUT2D eigenvalue weighted by Gasteiger charge is 2.29. The van der Waals surface area contributed by atoms with E-state index in [0.29, 0.717) is 22.9 Å². The van der Waals surface area contributed by atoms with Crippen LogP contribution in [0.25, 0.3) is 0 Å². The lowest BCUT2D eigenvalue weighted by atomic mass is 9.87. The summed E-state index contributed by atoms with van der Waals surface area (Å²) in [4.78, 5) is 27.1. The number of nitrogens with one attached hydrogen (secondary N) is 1. The Morgan fingerprint density at radius 2 is 2.12 bits per heavy atom. The first kappa shape index (κ1) is 17.9. The first-order chi connectivity index (χ1) is 12.0. The van der Waals surface area contributed by atoms with Gasteiger partial charge in [-0.1, -0.05) is 0 Å². The molecule has 2 aromatic heterocycles. The number of piperidine rings is 1. The van der Waals surface area contributed by atoms with Gasteiger partial charge in [0.25, 0.3) is 0 Å². The van der Waals surface area contributed by atoms with Gasteiger partial charge in [-0.2, -0.15) is 0 Å². The largest absolute Gasteiger partial charge is 0.302 e. The van der Waals surface area contributed by atoms with E-state index in [0.717, 1.165) is 37.2 Å². The van der Waals surface area contributed by atoms with E-state index in [4.69, 9.17) is 0 Å². The maximum atomic E-state index is 13.0. The number of aromatic nitrogens is 3. The molecule has 6 nitrogen and oxygen atoms in total. The van der Waals surface area contributed by atoms with Gasteiger partial charge >= 0.3 is 0 Å². The van der Waals surface area contributed by atoms with Crippen molar-refractivity contribution in [2.24, 2.45) is 5.92 Å². The van der Waals surface area contributed by atoms with Gasteiger partial charge in [-0.15, -0.1) is 11.3 Å². The minimum atomic E-state index is -0.401. The first-order valence-corrected chi connectivity index (χ1v) is 9.25. The number of rotatable bonds is 5. The number of carbonyl (C=O) groups is 1. The highest BCUT2D eigenvalue weighted by atomic mass is 32.1. The van der Waals surface area contributed by atoms with E-state index in [1.54, 1.807) is 0 Å². The van der Waals surface area contributed by atoms with Crippen molar-refractivity contribution in [2.45, 2.75) is 45.7 Å². The van der Waals surface area contributed by atoms with Gasteiger partial charge in [0.05, 0.1) is 12.4 Å². The molecule has 0 spiro atoms. The molecule has 0 aliphatic carbocycles. The van der Waals surface area contributed by atoms with Crippen molar-refractivity contribution < 1.29 is 9.18 Å². The number of hydrogen-bond acceptors (Lipinski definition) is 6. The van der Waals surface area contributed by atoms with Gasteiger partial charge in [0.1, 0.15) is 5.82 Å². The van der Waals surface area contributed by atoms with Gasteiger partial charge in [-0.25, -0.2) is 19.3 Å². The van der Waals surface area contributed by atoms with Crippen molar-refractivity contribution in [1.82, 2.24) is 19.9 Å². The number of halogens is 1. The minimum Gasteiger partial charge on any atom is -0.302 e. The monoisotopic (exact) mass is 363 g/mol. The van der Waals surface area contributed by atoms with Crippen LogP contribution in [0, 0.1) is 11.7 Å². The molecule has 1 saturated heterocycles. The molecule has 2 aromatic rings. The molecule has 8 heteroatoms. The molecular formula is C17H22FN5OS. The smallest absolute Gasteiger partial charge is 0.223 e. The van der Waals surface area contributed by atoms with Crippen LogP contribution in [-0.2, 0) is 17.8 Å². The third kappa shape index (κ3) is 4.79. The summed E-state index contributed by atoms with van der Waals surface area (Å²) in [5, 5.41) is 3.36. The highest BCUT2D eigenvalue weighted by molar-refractivity contribution is 7.15. The van der Waals surface area contributed by atoms with Gasteiger partial charge in [0.2, 0.25) is 5.91 Å². The fraction of sp³-hybridized carbons (Fsp3) is 0.529. The van der Waals surface area contributed by atoms with E-state index >= 15 is 0 Å². The number of likely N-dealkylation sites (tertiary alicyclic amines) is 1. The van der Waals surface area contributed by atoms with Gasteiger partial charge in [-0.05, 0) is 32.2 Å². The summed E-state index contributed by atoms with van der Waals surface area (Å²) in [7, 11) is 0. The van der Waals surface area contributed by atoms with Crippen molar-refractivity contribution in [3.05, 3.63) is 35.1 Å². The van der Waals surface area contributed by atoms with Crippen molar-refractivity contribution in [1.29, 1.82) is 0 Å². The van der Waals surface area contributed by atoms with Crippen LogP contribution in [0.4, 0.5) is 9.52 Å². The second kappa shape index (κ2) is 7.97. The fourth-order valence-corrected chi connectivity index (χ4v) is 4.15. The van der Waals surface area contributed by atoms with Gasteiger partial charge in [0.15, 0.2) is 10.9 Å². The van der Waals surface area contributed by atoms with Crippen molar-refractivity contribution >= 4 is 22.4 Å². The molecule has 1 amide bonds. The Morgan fingerprint density at radius 3 is 2.84 bits per heavy atom. The second-order valence-corrected chi connectivity index (χ2v) is 7.56. The number of hydrogen-bond donors (Lipinski definition) is 1. The van der Waals surface area contributed by atoms with E-state index in [-0.39, 0.29) is 5.91 Å². The van der Waals surface area contributed by atoms with Crippen LogP contribution in [0.5, 0.6) is 0 Å². The number of nitrogens with zero attached hydrogens (tertiary/aromatic N) is 4. The molecule has 1 fully saturated rings. The zero-order valence-corrected chi connectivity index (χ0v) is 15.2. The quantitative estimate of drug-likeness (QED) is 0.884. The average Bonchev–Trinajstić information content (AvgIpc) is 2.99. The Labute approximate surface area is 150 Å². The molecule has 1 N–H and O–H groups in total. The maximum absolute atomic E-state index is 13.0. The normalized spacial score (nSPS) is 21.2. The molecule has 1 aliphatic rings. The van der Waals surface area contributed by atoms with Crippen molar-refractivity contribution in [3.63, 3.8) is 0 Å². The lowest BCUT2D eigenvalue weighted by Crippen LogP contribution is -2.43. The lowest BCUT2D eigenvalue weighted by molar-refractivity contribution is -0.114. The number of anilines is 1. The molecule has 0 radical (unpaired) electrons. The SMILES string of the molecule is CC(=O)Nc1ncc(CN2CCCC(Cc3ncc(F)cn3)C2C)s1. The minimum absolute atomic E-state index is 0.105. The van der Waals surface area contributed by atoms with E-state index in [1.807, 2.05) is 6.20 Å². The lowest BCUT2D eigenvalue weighted by Gasteiger charge is -2.39. The van der Waals surface area contributed by atoms with E-state index in [9.17, 15) is 9.18 Å². The summed E-state index contributed by atoms with van der Waals surface area (Å²) in [6.45, 7) is 5.56. The Kier molecular flexibility index (Phi) is 5.70. The molecule has 0 saturated carbocycles. The van der Waals surface area contributed by atoms with Gasteiger partial charge in [0, 0.05) is 37.0 Å². The molecule has 0 aromatic carbocycles. The summed E-state index contributed by atoms with van der Waals surface area (Å²) >= 11 is 1.51. The van der Waals surface area contributed by atoms with E-state index in [2.05, 4.69) is 32.1 Å². The zero-order valence-electron chi connectivity index (χ0n) is 14.4. The predicted octanol–water partition coefficient (Wildman–Crippen LogP) is 2.87. The number of amides is 1. The third-order valence-corrected chi connectivity index (χ3v) is 5.49. The van der Waals surface area contributed by atoms with Crippen LogP contribution in [0.1, 0.15) is 37.4 Å². The molecule has 1 aliphatic heterocycles. The molecule has 2 atom stereocenters. The standard InChI is InChI=1S/C17H22FN5OS/c1-11-13(6-16-19-7-14(18)8-20-16)4-3-5-23(11)10-15-9-21-17(25-15)22-12(2)24/h7-9,11,13H,3-6,10H2,1-2H3,(H,21,22,24). The summed E-state index contributed by atoms with van der Waals surface area (Å²) < 4.78 is 13.0. The number of thiazole rings is 1. The molecule has 3 rings (SSSR count). The van der Waals surface area contributed by atoms with Crippen LogP contribution < -0.4 is 5.32 Å². The predicted molar refractivity (Wildman–Crippen MR) is 94.7 cm³/mol. The summed E-state index contributed by atoms with van der Waals surface area (Å²) in [5.74, 6) is 0.640. The van der Waals surface area contributed by atoms with Crippen molar-refractivity contribution in [2.75, 3.05) is 11.9 Å². The van der Waals surface area contributed by atoms with Crippen LogP contribution in [-0.4, -0.2) is 38.3 Å². The Hall–Kier alpha value is -1.93. The Balaban J connectivity index is 1.61. The first-order valence-electron chi connectivity index (χ1n) is 8.44. The maximum Gasteiger partial charge on any atom is 0.223 e. The van der Waals surface area contributed by atoms with Crippen LogP contribution >= 0.6 is 11.3 Å². The molecule has 2 unspecified atom stereocenters. The third-order valence-electron chi connectivity index (χ3n) is 4.59. The molecule has 0 bridgehead atoms. The van der Waals surface area contributed by atoms with E-state index < -0.39 is 5.82 Å².